The van der Waals surface area contributed by atoms with Gasteiger partial charge in [-0.25, -0.2) is 0 Å². The zero-order chi connectivity index (χ0) is 15.1. The molecule has 0 bridgehead atoms. The number of rotatable bonds is 6. The third kappa shape index (κ3) is 3.93. The summed E-state index contributed by atoms with van der Waals surface area (Å²) in [5.41, 5.74) is 1.76. The molecule has 0 saturated heterocycles. The summed E-state index contributed by atoms with van der Waals surface area (Å²) in [6.45, 7) is 2.84. The van der Waals surface area contributed by atoms with E-state index in [-0.39, 0.29) is 6.61 Å². The van der Waals surface area contributed by atoms with Gasteiger partial charge in [0.15, 0.2) is 0 Å². The topological polar surface area (TPSA) is 47.3 Å². The number of benzene rings is 1. The molecule has 1 N–H and O–H groups in total. The molecule has 0 aromatic heterocycles. The van der Waals surface area contributed by atoms with Gasteiger partial charge in [-0.05, 0) is 30.7 Å². The number of aliphatic hydroxyl groups is 1. The van der Waals surface area contributed by atoms with Gasteiger partial charge in [-0.1, -0.05) is 32.3 Å². The molecule has 0 aliphatic heterocycles. The van der Waals surface area contributed by atoms with Crippen molar-refractivity contribution in [2.45, 2.75) is 50.0 Å². The van der Waals surface area contributed by atoms with Gasteiger partial charge < -0.3 is 10.0 Å². The van der Waals surface area contributed by atoms with Crippen molar-refractivity contribution >= 4 is 17.4 Å². The van der Waals surface area contributed by atoms with E-state index in [0.29, 0.717) is 12.6 Å². The second-order valence-corrected chi connectivity index (χ2v) is 6.71. The van der Waals surface area contributed by atoms with Gasteiger partial charge in [0.25, 0.3) is 0 Å². The third-order valence-electron chi connectivity index (χ3n) is 4.08. The first-order chi connectivity index (χ1) is 10.3. The number of thioether (sulfide) groups is 1. The maximum Gasteiger partial charge on any atom is 0.103 e. The smallest absolute Gasteiger partial charge is 0.103 e. The van der Waals surface area contributed by atoms with Crippen molar-refractivity contribution in [3.63, 3.8) is 0 Å². The quantitative estimate of drug-likeness (QED) is 0.812. The first kappa shape index (κ1) is 16.2. The van der Waals surface area contributed by atoms with Crippen LogP contribution in [0.4, 0.5) is 5.69 Å². The van der Waals surface area contributed by atoms with Crippen molar-refractivity contribution in [1.29, 1.82) is 5.26 Å². The lowest BCUT2D eigenvalue weighted by atomic mass is 9.93. The molecule has 0 atom stereocenters. The summed E-state index contributed by atoms with van der Waals surface area (Å²) in [7, 11) is 0. The van der Waals surface area contributed by atoms with Gasteiger partial charge in [-0.15, -0.1) is 11.8 Å². The van der Waals surface area contributed by atoms with Gasteiger partial charge >= 0.3 is 0 Å². The van der Waals surface area contributed by atoms with Gasteiger partial charge in [0.05, 0.1) is 17.9 Å². The van der Waals surface area contributed by atoms with Crippen LogP contribution >= 0.6 is 11.8 Å². The highest BCUT2D eigenvalue weighted by Gasteiger charge is 2.23. The normalized spacial score (nSPS) is 15.7. The maximum atomic E-state index is 9.59. The lowest BCUT2D eigenvalue weighted by Gasteiger charge is -2.36. The van der Waals surface area contributed by atoms with Gasteiger partial charge in [0.2, 0.25) is 0 Å². The van der Waals surface area contributed by atoms with Crippen LogP contribution in [-0.4, -0.2) is 30.1 Å². The lowest BCUT2D eigenvalue weighted by Crippen LogP contribution is -2.39. The Kier molecular flexibility index (Phi) is 6.41. The first-order valence-electron chi connectivity index (χ1n) is 7.85. The molecule has 1 aliphatic carbocycles. The van der Waals surface area contributed by atoms with Crippen molar-refractivity contribution in [3.05, 3.63) is 23.8 Å². The lowest BCUT2D eigenvalue weighted by molar-refractivity contribution is 0.290. The molecule has 0 amide bonds. The van der Waals surface area contributed by atoms with Crippen LogP contribution in [0.15, 0.2) is 23.1 Å². The highest BCUT2D eigenvalue weighted by atomic mass is 32.2. The van der Waals surface area contributed by atoms with E-state index < -0.39 is 0 Å². The van der Waals surface area contributed by atoms with Gasteiger partial charge in [0.1, 0.15) is 6.07 Å². The standard InChI is InChI=1S/C17H24N2OS/c1-2-21-17-10-6-9-16(15(17)13-18)19(11-12-20)14-7-4-3-5-8-14/h6,9-10,14,20H,2-5,7-8,11-12H2,1H3. The first-order valence-corrected chi connectivity index (χ1v) is 8.83. The van der Waals surface area contributed by atoms with E-state index in [9.17, 15) is 10.4 Å². The van der Waals surface area contributed by atoms with E-state index in [1.54, 1.807) is 11.8 Å². The molecule has 0 spiro atoms. The van der Waals surface area contributed by atoms with Crippen LogP contribution < -0.4 is 4.90 Å². The summed E-state index contributed by atoms with van der Waals surface area (Å²) in [5.74, 6) is 0.960. The molecular weight excluding hydrogens is 280 g/mol. The van der Waals surface area contributed by atoms with Crippen molar-refractivity contribution in [3.8, 4) is 6.07 Å². The third-order valence-corrected chi connectivity index (χ3v) is 5.02. The number of nitrogens with zero attached hydrogens (tertiary/aromatic N) is 2. The maximum absolute atomic E-state index is 9.59. The van der Waals surface area contributed by atoms with Gasteiger partial charge in [-0.3, -0.25) is 0 Å². The molecule has 21 heavy (non-hydrogen) atoms. The second kappa shape index (κ2) is 8.31. The van der Waals surface area contributed by atoms with Crippen molar-refractivity contribution in [2.75, 3.05) is 23.8 Å². The van der Waals surface area contributed by atoms with Crippen LogP contribution in [0.2, 0.25) is 0 Å². The van der Waals surface area contributed by atoms with Crippen LogP contribution in [-0.2, 0) is 0 Å². The van der Waals surface area contributed by atoms with E-state index in [1.807, 2.05) is 18.2 Å². The van der Waals surface area contributed by atoms with E-state index in [0.717, 1.165) is 34.7 Å². The molecule has 1 saturated carbocycles. The van der Waals surface area contributed by atoms with Crippen molar-refractivity contribution in [1.82, 2.24) is 0 Å². The van der Waals surface area contributed by atoms with Crippen LogP contribution in [0.25, 0.3) is 0 Å². The summed E-state index contributed by atoms with van der Waals surface area (Å²) >= 11 is 1.71. The van der Waals surface area contributed by atoms with Crippen LogP contribution in [0.1, 0.15) is 44.6 Å². The Morgan fingerprint density at radius 2 is 2.10 bits per heavy atom. The summed E-state index contributed by atoms with van der Waals surface area (Å²) in [4.78, 5) is 3.31. The molecule has 1 aliphatic rings. The molecular formula is C17H24N2OS. The molecule has 4 heteroatoms. The molecule has 0 unspecified atom stereocenters. The fourth-order valence-corrected chi connectivity index (χ4v) is 3.93. The zero-order valence-electron chi connectivity index (χ0n) is 12.7. The predicted octanol–water partition coefficient (Wildman–Crippen LogP) is 3.80. The highest BCUT2D eigenvalue weighted by molar-refractivity contribution is 7.99. The Morgan fingerprint density at radius 3 is 2.71 bits per heavy atom. The molecule has 1 fully saturated rings. The number of hydrogen-bond donors (Lipinski definition) is 1. The highest BCUT2D eigenvalue weighted by Crippen LogP contribution is 2.34. The molecule has 0 heterocycles. The van der Waals surface area contributed by atoms with Crippen molar-refractivity contribution in [2.24, 2.45) is 0 Å². The molecule has 1 aromatic carbocycles. The molecule has 1 aromatic rings. The average molecular weight is 304 g/mol. The number of aliphatic hydroxyl groups excluding tert-OH is 1. The Balaban J connectivity index is 2.34. The molecule has 0 radical (unpaired) electrons. The number of anilines is 1. The van der Waals surface area contributed by atoms with E-state index in [4.69, 9.17) is 0 Å². The Morgan fingerprint density at radius 1 is 1.33 bits per heavy atom. The van der Waals surface area contributed by atoms with E-state index >= 15 is 0 Å². The Labute approximate surface area is 132 Å². The second-order valence-electron chi connectivity index (χ2n) is 5.40. The minimum absolute atomic E-state index is 0.131. The Bertz CT molecular complexity index is 492. The molecule has 114 valence electrons. The van der Waals surface area contributed by atoms with Crippen LogP contribution in [0, 0.1) is 11.3 Å². The van der Waals surface area contributed by atoms with Crippen LogP contribution in [0.5, 0.6) is 0 Å². The summed E-state index contributed by atoms with van der Waals surface area (Å²) in [6, 6.07) is 8.92. The number of hydrogen-bond acceptors (Lipinski definition) is 4. The summed E-state index contributed by atoms with van der Waals surface area (Å²) < 4.78 is 0. The monoisotopic (exact) mass is 304 g/mol. The summed E-state index contributed by atoms with van der Waals surface area (Å²) in [6.07, 6.45) is 6.13. The van der Waals surface area contributed by atoms with Crippen LogP contribution in [0.3, 0.4) is 0 Å². The average Bonchev–Trinajstić information content (AvgIpc) is 2.53. The van der Waals surface area contributed by atoms with Gasteiger partial charge in [-0.2, -0.15) is 5.26 Å². The SMILES string of the molecule is CCSc1cccc(N(CCO)C2CCCCC2)c1C#N. The Hall–Kier alpha value is -1.18. The minimum Gasteiger partial charge on any atom is -0.395 e. The van der Waals surface area contributed by atoms with Gasteiger partial charge in [0, 0.05) is 17.5 Å². The fraction of sp³-hybridized carbons (Fsp3) is 0.588. The molecule has 3 nitrogen and oxygen atoms in total. The number of nitriles is 1. The largest absolute Gasteiger partial charge is 0.395 e. The molecule has 2 rings (SSSR count). The summed E-state index contributed by atoms with van der Waals surface area (Å²) in [5, 5.41) is 19.0. The zero-order valence-corrected chi connectivity index (χ0v) is 13.5. The minimum atomic E-state index is 0.131. The van der Waals surface area contributed by atoms with E-state index in [1.165, 1.54) is 19.3 Å². The fourth-order valence-electron chi connectivity index (χ4n) is 3.15. The van der Waals surface area contributed by atoms with Crippen molar-refractivity contribution < 1.29 is 5.11 Å². The van der Waals surface area contributed by atoms with E-state index in [2.05, 4.69) is 17.9 Å². The predicted molar refractivity (Wildman–Crippen MR) is 88.9 cm³/mol.